The highest BCUT2D eigenvalue weighted by atomic mass is 16.5. The van der Waals surface area contributed by atoms with Crippen LogP contribution in [-0.2, 0) is 41.4 Å². The second-order valence-electron chi connectivity index (χ2n) is 6.88. The molecule has 0 aliphatic carbocycles. The topological polar surface area (TPSA) is 102 Å². The van der Waals surface area contributed by atoms with E-state index in [9.17, 15) is 19.5 Å². The molecule has 1 aromatic rings. The number of Topliss-reactive ketones (excluding diaryl/α,β-unsaturated/α-hetero) is 1. The third-order valence-corrected chi connectivity index (χ3v) is 4.66. The highest BCUT2D eigenvalue weighted by Crippen LogP contribution is 2.28. The van der Waals surface area contributed by atoms with Crippen LogP contribution >= 0.6 is 0 Å². The molecule has 0 fully saturated rings. The standard InChI is InChI=1S/C22H29NO7/c1-28-11-7-23-16-19(22(26)27)21(25)15-18-14-17(5-6-20(18)23)4-2-9-29-12-13-30-10-3-8-24/h5-6,8,14,16H,2-4,7,9-13,15H2,1H3,(H,26,27). The van der Waals surface area contributed by atoms with Gasteiger partial charge in [-0.2, -0.15) is 0 Å². The van der Waals surface area contributed by atoms with E-state index in [0.717, 1.165) is 35.9 Å². The molecule has 0 bridgehead atoms. The van der Waals surface area contributed by atoms with Crippen LogP contribution < -0.4 is 4.90 Å². The second kappa shape index (κ2) is 12.9. The van der Waals surface area contributed by atoms with Crippen molar-refractivity contribution in [2.45, 2.75) is 25.7 Å². The van der Waals surface area contributed by atoms with Crippen molar-refractivity contribution in [3.63, 3.8) is 0 Å². The van der Waals surface area contributed by atoms with Gasteiger partial charge in [-0.25, -0.2) is 4.79 Å². The lowest BCUT2D eigenvalue weighted by Crippen LogP contribution is -2.23. The Labute approximate surface area is 176 Å². The number of carbonyl (C=O) groups excluding carboxylic acids is 2. The number of carboxylic acids is 1. The highest BCUT2D eigenvalue weighted by Gasteiger charge is 2.25. The van der Waals surface area contributed by atoms with Crippen LogP contribution in [0.5, 0.6) is 0 Å². The molecule has 164 valence electrons. The number of anilines is 1. The molecule has 1 aliphatic heterocycles. The number of fused-ring (bicyclic) bond motifs is 1. The average molecular weight is 419 g/mol. The number of carbonyl (C=O) groups is 3. The summed E-state index contributed by atoms with van der Waals surface area (Å²) in [5.74, 6) is -1.62. The van der Waals surface area contributed by atoms with Crippen LogP contribution in [0.1, 0.15) is 24.0 Å². The van der Waals surface area contributed by atoms with E-state index in [4.69, 9.17) is 14.2 Å². The van der Waals surface area contributed by atoms with Crippen molar-refractivity contribution in [2.24, 2.45) is 0 Å². The summed E-state index contributed by atoms with van der Waals surface area (Å²) in [5.41, 5.74) is 2.49. The van der Waals surface area contributed by atoms with Gasteiger partial charge in [0.05, 0.1) is 26.4 Å². The minimum Gasteiger partial charge on any atom is -0.478 e. The Kier molecular flexibility index (Phi) is 10.2. The number of nitrogens with zero attached hydrogens (tertiary/aromatic N) is 1. The number of methoxy groups -OCH3 is 1. The van der Waals surface area contributed by atoms with Gasteiger partial charge in [-0.1, -0.05) is 12.1 Å². The number of aryl methyl sites for hydroxylation is 1. The summed E-state index contributed by atoms with van der Waals surface area (Å²) in [7, 11) is 1.58. The number of hydrogen-bond donors (Lipinski definition) is 1. The Bertz CT molecular complexity index is 760. The molecule has 0 atom stereocenters. The van der Waals surface area contributed by atoms with E-state index < -0.39 is 11.8 Å². The molecule has 0 amide bonds. The van der Waals surface area contributed by atoms with Gasteiger partial charge < -0.3 is 29.0 Å². The van der Waals surface area contributed by atoms with Crippen LogP contribution in [0.15, 0.2) is 30.0 Å². The molecule has 0 aromatic heterocycles. The van der Waals surface area contributed by atoms with E-state index in [2.05, 4.69) is 0 Å². The molecule has 0 unspecified atom stereocenters. The Hall–Kier alpha value is -2.55. The number of benzene rings is 1. The van der Waals surface area contributed by atoms with E-state index in [1.807, 2.05) is 18.2 Å². The maximum absolute atomic E-state index is 12.4. The molecular weight excluding hydrogens is 390 g/mol. The monoisotopic (exact) mass is 419 g/mol. The minimum absolute atomic E-state index is 0.0550. The lowest BCUT2D eigenvalue weighted by atomic mass is 9.99. The van der Waals surface area contributed by atoms with Crippen LogP contribution in [0.25, 0.3) is 0 Å². The molecule has 0 radical (unpaired) electrons. The first-order chi connectivity index (χ1) is 14.6. The fraction of sp³-hybridized carbons (Fsp3) is 0.500. The summed E-state index contributed by atoms with van der Waals surface area (Å²) in [4.78, 5) is 35.8. The van der Waals surface area contributed by atoms with Gasteiger partial charge in [0.1, 0.15) is 11.9 Å². The zero-order chi connectivity index (χ0) is 21.8. The molecular formula is C22H29NO7. The number of hydrogen-bond acceptors (Lipinski definition) is 7. The van der Waals surface area contributed by atoms with Crippen LogP contribution in [0.2, 0.25) is 0 Å². The molecule has 8 heteroatoms. The smallest absolute Gasteiger partial charge is 0.340 e. The zero-order valence-corrected chi connectivity index (χ0v) is 17.3. The molecule has 30 heavy (non-hydrogen) atoms. The largest absolute Gasteiger partial charge is 0.478 e. The summed E-state index contributed by atoms with van der Waals surface area (Å²) < 4.78 is 15.9. The maximum Gasteiger partial charge on any atom is 0.340 e. The lowest BCUT2D eigenvalue weighted by molar-refractivity contribution is -0.134. The van der Waals surface area contributed by atoms with Crippen LogP contribution in [0, 0.1) is 0 Å². The van der Waals surface area contributed by atoms with Crippen molar-refractivity contribution < 1.29 is 33.7 Å². The number of ketones is 1. The molecule has 1 aliphatic rings. The summed E-state index contributed by atoms with van der Waals surface area (Å²) in [6, 6.07) is 5.89. The van der Waals surface area contributed by atoms with Crippen molar-refractivity contribution in [1.29, 1.82) is 0 Å². The first-order valence-corrected chi connectivity index (χ1v) is 10.0. The average Bonchev–Trinajstić information content (AvgIpc) is 2.86. The molecule has 2 rings (SSSR count). The second-order valence-corrected chi connectivity index (χ2v) is 6.88. The van der Waals surface area contributed by atoms with E-state index >= 15 is 0 Å². The van der Waals surface area contributed by atoms with Crippen LogP contribution in [0.4, 0.5) is 5.69 Å². The Morgan fingerprint density at radius 2 is 1.93 bits per heavy atom. The molecule has 0 saturated carbocycles. The Morgan fingerprint density at radius 1 is 1.17 bits per heavy atom. The Morgan fingerprint density at radius 3 is 2.63 bits per heavy atom. The lowest BCUT2D eigenvalue weighted by Gasteiger charge is -2.22. The fourth-order valence-electron chi connectivity index (χ4n) is 3.16. The first kappa shape index (κ1) is 23.7. The van der Waals surface area contributed by atoms with E-state index in [0.29, 0.717) is 46.0 Å². The molecule has 8 nitrogen and oxygen atoms in total. The third kappa shape index (κ3) is 7.37. The summed E-state index contributed by atoms with van der Waals surface area (Å²) in [6.07, 6.45) is 4.27. The molecule has 0 saturated heterocycles. The molecule has 1 heterocycles. The predicted octanol–water partition coefficient (Wildman–Crippen LogP) is 1.79. The maximum atomic E-state index is 12.4. The number of ether oxygens (including phenoxy) is 3. The van der Waals surface area contributed by atoms with Crippen molar-refractivity contribution >= 4 is 23.7 Å². The fourth-order valence-corrected chi connectivity index (χ4v) is 3.16. The zero-order valence-electron chi connectivity index (χ0n) is 17.3. The highest BCUT2D eigenvalue weighted by molar-refractivity contribution is 6.18. The van der Waals surface area contributed by atoms with Gasteiger partial charge in [0.2, 0.25) is 0 Å². The van der Waals surface area contributed by atoms with Gasteiger partial charge in [0.25, 0.3) is 0 Å². The molecule has 1 N–H and O–H groups in total. The van der Waals surface area contributed by atoms with Crippen molar-refractivity contribution in [1.82, 2.24) is 0 Å². The number of aldehydes is 1. The van der Waals surface area contributed by atoms with Gasteiger partial charge >= 0.3 is 5.97 Å². The Balaban J connectivity index is 1.93. The summed E-state index contributed by atoms with van der Waals surface area (Å²) in [6.45, 7) is 2.81. The molecule has 0 spiro atoms. The number of aliphatic carboxylic acids is 1. The van der Waals surface area contributed by atoms with Gasteiger partial charge in [0, 0.05) is 45.0 Å². The molecule has 1 aromatic carbocycles. The van der Waals surface area contributed by atoms with Crippen LogP contribution in [-0.4, -0.2) is 69.8 Å². The first-order valence-electron chi connectivity index (χ1n) is 10.0. The predicted molar refractivity (Wildman–Crippen MR) is 111 cm³/mol. The summed E-state index contributed by atoms with van der Waals surface area (Å²) >= 11 is 0. The number of rotatable bonds is 14. The summed E-state index contributed by atoms with van der Waals surface area (Å²) in [5, 5.41) is 9.37. The third-order valence-electron chi connectivity index (χ3n) is 4.66. The SMILES string of the molecule is COCCN1C=C(C(=O)O)C(=O)Cc2cc(CCCOCCOCCC=O)ccc21. The van der Waals surface area contributed by atoms with Gasteiger partial charge in [0.15, 0.2) is 5.78 Å². The van der Waals surface area contributed by atoms with Gasteiger partial charge in [-0.05, 0) is 30.0 Å². The van der Waals surface area contributed by atoms with E-state index in [1.54, 1.807) is 12.0 Å². The normalized spacial score (nSPS) is 13.6. The van der Waals surface area contributed by atoms with E-state index in [-0.39, 0.29) is 12.0 Å². The van der Waals surface area contributed by atoms with Gasteiger partial charge in [-0.15, -0.1) is 0 Å². The number of carboxylic acid groups (broad SMARTS) is 1. The van der Waals surface area contributed by atoms with Crippen LogP contribution in [0.3, 0.4) is 0 Å². The van der Waals surface area contributed by atoms with Gasteiger partial charge in [-0.3, -0.25) is 4.79 Å². The van der Waals surface area contributed by atoms with Crippen molar-refractivity contribution in [3.05, 3.63) is 41.1 Å². The van der Waals surface area contributed by atoms with E-state index in [1.165, 1.54) is 6.20 Å². The van der Waals surface area contributed by atoms with Crippen molar-refractivity contribution in [3.8, 4) is 0 Å². The minimum atomic E-state index is -1.22. The van der Waals surface area contributed by atoms with Crippen molar-refractivity contribution in [2.75, 3.05) is 51.6 Å². The quantitative estimate of drug-likeness (QED) is 0.277.